The van der Waals surface area contributed by atoms with Crippen molar-refractivity contribution in [3.8, 4) is 0 Å². The van der Waals surface area contributed by atoms with Crippen LogP contribution in [0.3, 0.4) is 0 Å². The zero-order valence-electron chi connectivity index (χ0n) is 50.8. The highest BCUT2D eigenvalue weighted by molar-refractivity contribution is 5.76. The molecule has 75 heavy (non-hydrogen) atoms. The van der Waals surface area contributed by atoms with E-state index in [-0.39, 0.29) is 18.5 Å². The minimum absolute atomic E-state index is 0.0159. The molecular weight excluding hydrogens is 923 g/mol. The normalized spacial score (nSPS) is 12.6. The molecule has 0 fully saturated rings. The van der Waals surface area contributed by atoms with Gasteiger partial charge in [-0.3, -0.25) is 9.59 Å². The van der Waals surface area contributed by atoms with Gasteiger partial charge in [-0.25, -0.2) is 0 Å². The van der Waals surface area contributed by atoms with E-state index in [9.17, 15) is 19.8 Å². The predicted octanol–water partition coefficient (Wildman–Crippen LogP) is 21.8. The van der Waals surface area contributed by atoms with Crippen molar-refractivity contribution in [2.24, 2.45) is 0 Å². The topological polar surface area (TPSA) is 95.9 Å². The number of unbranched alkanes of at least 4 members (excludes halogenated alkanes) is 49. The molecule has 1 amide bonds. The molecule has 0 aliphatic carbocycles. The fourth-order valence-electron chi connectivity index (χ4n) is 10.8. The largest absolute Gasteiger partial charge is 0.466 e. The third-order valence-electron chi connectivity index (χ3n) is 16.0. The first-order valence-electron chi connectivity index (χ1n) is 34.1. The highest BCUT2D eigenvalue weighted by atomic mass is 16.5. The van der Waals surface area contributed by atoms with Gasteiger partial charge in [0.15, 0.2) is 0 Å². The van der Waals surface area contributed by atoms with Gasteiger partial charge >= 0.3 is 5.97 Å². The predicted molar refractivity (Wildman–Crippen MR) is 329 cm³/mol. The maximum atomic E-state index is 12.5. The number of aliphatic hydroxyl groups is 2. The number of aliphatic hydroxyl groups excluding tert-OH is 2. The third kappa shape index (κ3) is 61.4. The van der Waals surface area contributed by atoms with Crippen molar-refractivity contribution in [1.82, 2.24) is 5.32 Å². The Bertz CT molecular complexity index is 1170. The molecule has 2 atom stereocenters. The highest BCUT2D eigenvalue weighted by Gasteiger charge is 2.20. The second-order valence-corrected chi connectivity index (χ2v) is 23.5. The van der Waals surface area contributed by atoms with Crippen LogP contribution in [0.5, 0.6) is 0 Å². The Kier molecular flexibility index (Phi) is 63.4. The first-order chi connectivity index (χ1) is 37.0. The second-order valence-electron chi connectivity index (χ2n) is 23.5. The van der Waals surface area contributed by atoms with E-state index in [0.29, 0.717) is 25.9 Å². The zero-order chi connectivity index (χ0) is 54.3. The van der Waals surface area contributed by atoms with Crippen LogP contribution in [0.2, 0.25) is 0 Å². The smallest absolute Gasteiger partial charge is 0.305 e. The zero-order valence-corrected chi connectivity index (χ0v) is 50.8. The average Bonchev–Trinajstić information content (AvgIpc) is 3.41. The Morgan fingerprint density at radius 1 is 0.373 bits per heavy atom. The molecule has 0 saturated carbocycles. The maximum absolute atomic E-state index is 12.5. The fraction of sp³-hybridized carbons (Fsp3) is 0.913. The van der Waals surface area contributed by atoms with E-state index in [0.717, 1.165) is 44.9 Å². The lowest BCUT2D eigenvalue weighted by Gasteiger charge is -2.22. The van der Waals surface area contributed by atoms with Crippen LogP contribution in [0, 0.1) is 0 Å². The summed E-state index contributed by atoms with van der Waals surface area (Å²) in [7, 11) is 0. The Morgan fingerprint density at radius 2 is 0.667 bits per heavy atom. The van der Waals surface area contributed by atoms with Crippen LogP contribution >= 0.6 is 0 Å². The van der Waals surface area contributed by atoms with Gasteiger partial charge in [-0.1, -0.05) is 334 Å². The van der Waals surface area contributed by atoms with Crippen LogP contribution in [0.1, 0.15) is 380 Å². The minimum atomic E-state index is -0.663. The van der Waals surface area contributed by atoms with E-state index < -0.39 is 12.1 Å². The summed E-state index contributed by atoms with van der Waals surface area (Å²) < 4.78 is 5.49. The van der Waals surface area contributed by atoms with Crippen molar-refractivity contribution in [1.29, 1.82) is 0 Å². The van der Waals surface area contributed by atoms with E-state index in [2.05, 4.69) is 43.5 Å². The Hall–Kier alpha value is -1.66. The summed E-state index contributed by atoms with van der Waals surface area (Å²) in [5.74, 6) is -0.0166. The molecule has 6 heteroatoms. The SMILES string of the molecule is CCCCCCCCCCCCCCCCC(=O)OCCCCCCCCCCC/C=C\C/C=C\CCCCCCCCCCCCCCCCCC(=O)NC(CO)C(O)CCCCCCCCCCCCCCC. The number of ether oxygens (including phenoxy) is 1. The lowest BCUT2D eigenvalue weighted by molar-refractivity contribution is -0.143. The maximum Gasteiger partial charge on any atom is 0.305 e. The Balaban J connectivity index is 3.37. The lowest BCUT2D eigenvalue weighted by Crippen LogP contribution is -2.45. The standard InChI is InChI=1S/C69H133NO5/c1-3-5-7-9-11-13-15-17-39-43-47-51-55-59-63-69(74)75-64-60-56-52-48-44-40-36-34-32-30-28-26-24-22-20-18-19-21-23-25-27-29-31-33-35-38-42-46-50-54-58-62-68(73)70-66(65-71)67(72)61-57-53-49-45-41-37-16-14-12-10-8-6-4-2/h20,22,26,28,66-67,71-72H,3-19,21,23-25,27,29-65H2,1-2H3,(H,70,73)/b22-20-,28-26-. The summed E-state index contributed by atoms with van der Waals surface area (Å²) in [6.07, 6.45) is 80.8. The quantitative estimate of drug-likeness (QED) is 0.0320. The van der Waals surface area contributed by atoms with Gasteiger partial charge in [0.1, 0.15) is 0 Å². The number of hydrogen-bond donors (Lipinski definition) is 3. The van der Waals surface area contributed by atoms with Gasteiger partial charge in [0.05, 0.1) is 25.4 Å². The summed E-state index contributed by atoms with van der Waals surface area (Å²) in [6.45, 7) is 4.98. The molecule has 3 N–H and O–H groups in total. The molecule has 0 aliphatic rings. The number of nitrogens with one attached hydrogen (secondary N) is 1. The van der Waals surface area contributed by atoms with Crippen molar-refractivity contribution in [2.75, 3.05) is 13.2 Å². The van der Waals surface area contributed by atoms with E-state index in [1.807, 2.05) is 0 Å². The van der Waals surface area contributed by atoms with Crippen LogP contribution in [0.4, 0.5) is 0 Å². The molecule has 0 rings (SSSR count). The van der Waals surface area contributed by atoms with Gasteiger partial charge in [-0.05, 0) is 57.8 Å². The first kappa shape index (κ1) is 73.3. The fourth-order valence-corrected chi connectivity index (χ4v) is 10.8. The summed E-state index contributed by atoms with van der Waals surface area (Å²) in [5, 5.41) is 23.3. The van der Waals surface area contributed by atoms with Crippen LogP contribution in [0.25, 0.3) is 0 Å². The molecule has 0 radical (unpaired) electrons. The van der Waals surface area contributed by atoms with E-state index in [1.165, 1.54) is 302 Å². The van der Waals surface area contributed by atoms with Crippen molar-refractivity contribution in [2.45, 2.75) is 392 Å². The van der Waals surface area contributed by atoms with Crippen molar-refractivity contribution < 1.29 is 24.5 Å². The van der Waals surface area contributed by atoms with E-state index >= 15 is 0 Å². The van der Waals surface area contributed by atoms with Gasteiger partial charge in [-0.2, -0.15) is 0 Å². The molecule has 2 unspecified atom stereocenters. The molecule has 0 aliphatic heterocycles. The average molecular weight is 1060 g/mol. The van der Waals surface area contributed by atoms with Gasteiger partial charge in [0.25, 0.3) is 0 Å². The van der Waals surface area contributed by atoms with Crippen LogP contribution in [-0.4, -0.2) is 47.4 Å². The van der Waals surface area contributed by atoms with Crippen LogP contribution < -0.4 is 5.32 Å². The van der Waals surface area contributed by atoms with Crippen LogP contribution in [-0.2, 0) is 14.3 Å². The monoisotopic (exact) mass is 1060 g/mol. The van der Waals surface area contributed by atoms with E-state index in [4.69, 9.17) is 4.74 Å². The number of rotatable bonds is 64. The summed E-state index contributed by atoms with van der Waals surface area (Å²) in [6, 6.07) is -0.540. The highest BCUT2D eigenvalue weighted by Crippen LogP contribution is 2.18. The molecule has 0 heterocycles. The van der Waals surface area contributed by atoms with Crippen molar-refractivity contribution >= 4 is 11.9 Å². The summed E-state index contributed by atoms with van der Waals surface area (Å²) in [5.41, 5.74) is 0. The Labute approximate surface area is 469 Å². The number of hydrogen-bond acceptors (Lipinski definition) is 5. The van der Waals surface area contributed by atoms with E-state index in [1.54, 1.807) is 0 Å². The molecular formula is C69H133NO5. The number of carbonyl (C=O) groups excluding carboxylic acids is 2. The summed E-state index contributed by atoms with van der Waals surface area (Å²) >= 11 is 0. The molecule has 6 nitrogen and oxygen atoms in total. The number of allylic oxidation sites excluding steroid dienone is 4. The van der Waals surface area contributed by atoms with Crippen LogP contribution in [0.15, 0.2) is 24.3 Å². The number of amides is 1. The molecule has 0 spiro atoms. The first-order valence-corrected chi connectivity index (χ1v) is 34.1. The molecule has 0 aromatic carbocycles. The molecule has 0 bridgehead atoms. The van der Waals surface area contributed by atoms with Gasteiger partial charge in [0.2, 0.25) is 5.91 Å². The third-order valence-corrected chi connectivity index (χ3v) is 16.0. The molecule has 444 valence electrons. The van der Waals surface area contributed by atoms with Gasteiger partial charge in [-0.15, -0.1) is 0 Å². The second kappa shape index (κ2) is 64.9. The Morgan fingerprint density at radius 3 is 1.01 bits per heavy atom. The van der Waals surface area contributed by atoms with Gasteiger partial charge < -0.3 is 20.3 Å². The molecule has 0 saturated heterocycles. The molecule has 0 aromatic heterocycles. The lowest BCUT2D eigenvalue weighted by atomic mass is 10.0. The number of carbonyl (C=O) groups is 2. The van der Waals surface area contributed by atoms with Crippen molar-refractivity contribution in [3.63, 3.8) is 0 Å². The summed E-state index contributed by atoms with van der Waals surface area (Å²) in [4.78, 5) is 24.5. The van der Waals surface area contributed by atoms with Crippen molar-refractivity contribution in [3.05, 3.63) is 24.3 Å². The minimum Gasteiger partial charge on any atom is -0.466 e. The van der Waals surface area contributed by atoms with Gasteiger partial charge in [0, 0.05) is 12.8 Å². The molecule has 0 aromatic rings. The number of esters is 1.